The molecular formula is C27H34F3N3O2. The summed E-state index contributed by atoms with van der Waals surface area (Å²) in [5.41, 5.74) is 0.536. The van der Waals surface area contributed by atoms with E-state index in [1.54, 1.807) is 6.07 Å². The molecule has 0 spiro atoms. The zero-order chi connectivity index (χ0) is 26.2. The predicted molar refractivity (Wildman–Crippen MR) is 131 cm³/mol. The molecular weight excluding hydrogens is 455 g/mol. The van der Waals surface area contributed by atoms with E-state index >= 15 is 0 Å². The van der Waals surface area contributed by atoms with E-state index in [9.17, 15) is 23.1 Å². The number of carbonyl (C=O) groups is 1. The molecule has 3 rings (SSSR count). The minimum atomic E-state index is -4.49. The monoisotopic (exact) mass is 489 g/mol. The van der Waals surface area contributed by atoms with Crippen LogP contribution in [0.3, 0.4) is 0 Å². The molecule has 8 heteroatoms. The van der Waals surface area contributed by atoms with E-state index in [1.807, 2.05) is 40.7 Å². The molecule has 0 fully saturated rings. The number of fused-ring (bicyclic) bond motifs is 1. The van der Waals surface area contributed by atoms with Crippen LogP contribution in [0.25, 0.3) is 16.7 Å². The number of aromatic hydroxyl groups is 1. The van der Waals surface area contributed by atoms with Gasteiger partial charge in [0.15, 0.2) is 0 Å². The molecule has 5 nitrogen and oxygen atoms in total. The van der Waals surface area contributed by atoms with Crippen LogP contribution in [0.1, 0.15) is 83.9 Å². The van der Waals surface area contributed by atoms with E-state index in [2.05, 4.69) is 17.1 Å². The van der Waals surface area contributed by atoms with E-state index < -0.39 is 17.2 Å². The predicted octanol–water partition coefficient (Wildman–Crippen LogP) is 7.16. The third kappa shape index (κ3) is 5.68. The molecule has 0 aliphatic carbocycles. The zero-order valence-corrected chi connectivity index (χ0v) is 21.3. The number of rotatable bonds is 8. The van der Waals surface area contributed by atoms with Crippen molar-refractivity contribution < 1.29 is 23.1 Å². The van der Waals surface area contributed by atoms with Gasteiger partial charge in [0, 0.05) is 17.4 Å². The second kappa shape index (κ2) is 9.63. The van der Waals surface area contributed by atoms with Crippen LogP contribution in [0.15, 0.2) is 30.3 Å². The van der Waals surface area contributed by atoms with Crippen molar-refractivity contribution in [1.82, 2.24) is 15.0 Å². The van der Waals surface area contributed by atoms with Gasteiger partial charge >= 0.3 is 6.18 Å². The average Bonchev–Trinajstić information content (AvgIpc) is 3.20. The number of aryl methyl sites for hydroxylation is 1. The Bertz CT molecular complexity index is 1220. The summed E-state index contributed by atoms with van der Waals surface area (Å²) in [5.74, 6) is 0.171. The third-order valence-electron chi connectivity index (χ3n) is 6.78. The van der Waals surface area contributed by atoms with E-state index in [0.29, 0.717) is 18.4 Å². The quantitative estimate of drug-likeness (QED) is 0.364. The highest BCUT2D eigenvalue weighted by Crippen LogP contribution is 2.38. The molecule has 0 amide bonds. The SMILES string of the molecule is CCCC(C)(CC)C(=O)CCc1cc(-n2nc3ccc(C(F)(F)F)cc3n2)c(O)c(C(C)(C)C)c1. The summed E-state index contributed by atoms with van der Waals surface area (Å²) in [5, 5.41) is 19.6. The van der Waals surface area contributed by atoms with Gasteiger partial charge in [-0.1, -0.05) is 54.0 Å². The molecule has 1 atom stereocenters. The normalized spacial score (nSPS) is 14.3. The number of phenolic OH excluding ortho intramolecular Hbond substituents is 1. The Morgan fingerprint density at radius 1 is 1.00 bits per heavy atom. The number of halogens is 3. The van der Waals surface area contributed by atoms with Crippen LogP contribution in [0.2, 0.25) is 0 Å². The summed E-state index contributed by atoms with van der Waals surface area (Å²) in [6, 6.07) is 6.78. The van der Waals surface area contributed by atoms with Crippen molar-refractivity contribution in [2.24, 2.45) is 5.41 Å². The first-order chi connectivity index (χ1) is 16.2. The maximum absolute atomic E-state index is 13.1. The summed E-state index contributed by atoms with van der Waals surface area (Å²) in [6.45, 7) is 12.0. The number of hydrogen-bond acceptors (Lipinski definition) is 4. The summed E-state index contributed by atoms with van der Waals surface area (Å²) in [4.78, 5) is 14.2. The van der Waals surface area contributed by atoms with Crippen LogP contribution in [0.4, 0.5) is 13.2 Å². The number of nitrogens with zero attached hydrogens (tertiary/aromatic N) is 3. The fourth-order valence-electron chi connectivity index (χ4n) is 4.37. The van der Waals surface area contributed by atoms with Crippen LogP contribution >= 0.6 is 0 Å². The number of carbonyl (C=O) groups excluding carboxylic acids is 1. The Morgan fingerprint density at radius 2 is 1.66 bits per heavy atom. The number of ketones is 1. The summed E-state index contributed by atoms with van der Waals surface area (Å²) in [6.07, 6.45) is -1.11. The lowest BCUT2D eigenvalue weighted by Gasteiger charge is -2.26. The van der Waals surface area contributed by atoms with Gasteiger partial charge in [0.1, 0.15) is 28.3 Å². The second-order valence-electron chi connectivity index (χ2n) is 10.5. The first-order valence-corrected chi connectivity index (χ1v) is 12.0. The van der Waals surface area contributed by atoms with E-state index in [0.717, 1.165) is 37.0 Å². The maximum atomic E-state index is 13.1. The maximum Gasteiger partial charge on any atom is 0.416 e. The van der Waals surface area contributed by atoms with Gasteiger partial charge in [0.05, 0.1) is 5.56 Å². The van der Waals surface area contributed by atoms with Crippen molar-refractivity contribution in [3.05, 3.63) is 47.0 Å². The molecule has 0 bridgehead atoms. The highest BCUT2D eigenvalue weighted by molar-refractivity contribution is 5.84. The van der Waals surface area contributed by atoms with Gasteiger partial charge in [-0.15, -0.1) is 15.0 Å². The van der Waals surface area contributed by atoms with Gasteiger partial charge in [0.2, 0.25) is 0 Å². The van der Waals surface area contributed by atoms with Gasteiger partial charge in [-0.05, 0) is 54.5 Å². The van der Waals surface area contributed by atoms with Crippen LogP contribution in [0.5, 0.6) is 5.75 Å². The largest absolute Gasteiger partial charge is 0.505 e. The lowest BCUT2D eigenvalue weighted by atomic mass is 9.77. The van der Waals surface area contributed by atoms with Crippen LogP contribution in [-0.2, 0) is 22.8 Å². The van der Waals surface area contributed by atoms with Gasteiger partial charge in [-0.2, -0.15) is 13.2 Å². The number of benzene rings is 2. The van der Waals surface area contributed by atoms with E-state index in [1.165, 1.54) is 10.9 Å². The van der Waals surface area contributed by atoms with Gasteiger partial charge < -0.3 is 5.11 Å². The zero-order valence-electron chi connectivity index (χ0n) is 21.3. The minimum absolute atomic E-state index is 0.0340. The molecule has 0 radical (unpaired) electrons. The summed E-state index contributed by atoms with van der Waals surface area (Å²) in [7, 11) is 0. The van der Waals surface area contributed by atoms with Crippen molar-refractivity contribution in [3.63, 3.8) is 0 Å². The molecule has 0 aliphatic rings. The molecule has 1 N–H and O–H groups in total. The van der Waals surface area contributed by atoms with Crippen LogP contribution in [-0.4, -0.2) is 25.9 Å². The Labute approximate surface area is 204 Å². The van der Waals surface area contributed by atoms with Crippen molar-refractivity contribution in [2.45, 2.75) is 85.2 Å². The molecule has 0 saturated heterocycles. The first kappa shape index (κ1) is 26.7. The highest BCUT2D eigenvalue weighted by atomic mass is 19.4. The minimum Gasteiger partial charge on any atom is -0.505 e. The molecule has 190 valence electrons. The Hall–Kier alpha value is -2.90. The van der Waals surface area contributed by atoms with Crippen LogP contribution < -0.4 is 0 Å². The van der Waals surface area contributed by atoms with Gasteiger partial charge in [-0.25, -0.2) is 0 Å². The number of Topliss-reactive ketones (excluding diaryl/α,β-unsaturated/α-hetero) is 1. The molecule has 1 aromatic heterocycles. The molecule has 1 heterocycles. The third-order valence-corrected chi connectivity index (χ3v) is 6.78. The van der Waals surface area contributed by atoms with Gasteiger partial charge in [0.25, 0.3) is 0 Å². The van der Waals surface area contributed by atoms with Crippen molar-refractivity contribution >= 4 is 16.8 Å². The van der Waals surface area contributed by atoms with E-state index in [-0.39, 0.29) is 33.7 Å². The Kier molecular flexibility index (Phi) is 7.34. The van der Waals surface area contributed by atoms with Crippen molar-refractivity contribution in [3.8, 4) is 11.4 Å². The second-order valence-corrected chi connectivity index (χ2v) is 10.5. The standard InChI is InChI=1S/C27H34F3N3O2/c1-7-13-26(6,8-2)23(34)12-9-17-14-19(25(3,4)5)24(35)22(15-17)33-31-20-11-10-18(27(28,29)30)16-21(20)32-33/h10-11,14-16,35H,7-9,12-13H2,1-6H3. The topological polar surface area (TPSA) is 68.0 Å². The summed E-state index contributed by atoms with van der Waals surface area (Å²) < 4.78 is 39.4. The van der Waals surface area contributed by atoms with Crippen molar-refractivity contribution in [2.75, 3.05) is 0 Å². The molecule has 2 aromatic carbocycles. The number of hydrogen-bond donors (Lipinski definition) is 1. The van der Waals surface area contributed by atoms with Crippen LogP contribution in [0, 0.1) is 5.41 Å². The smallest absolute Gasteiger partial charge is 0.416 e. The molecule has 0 saturated carbocycles. The average molecular weight is 490 g/mol. The lowest BCUT2D eigenvalue weighted by Crippen LogP contribution is -2.27. The Balaban J connectivity index is 2.04. The number of phenols is 1. The molecule has 35 heavy (non-hydrogen) atoms. The molecule has 1 unspecified atom stereocenters. The Morgan fingerprint density at radius 3 is 2.23 bits per heavy atom. The molecule has 0 aliphatic heterocycles. The van der Waals surface area contributed by atoms with Crippen molar-refractivity contribution in [1.29, 1.82) is 0 Å². The lowest BCUT2D eigenvalue weighted by molar-refractivity contribution is -0.137. The first-order valence-electron chi connectivity index (χ1n) is 12.0. The number of alkyl halides is 3. The van der Waals surface area contributed by atoms with E-state index in [4.69, 9.17) is 0 Å². The molecule has 3 aromatic rings. The summed E-state index contributed by atoms with van der Waals surface area (Å²) >= 11 is 0. The number of aromatic nitrogens is 3. The fraction of sp³-hybridized carbons (Fsp3) is 0.519. The van der Waals surface area contributed by atoms with Gasteiger partial charge in [-0.3, -0.25) is 4.79 Å². The fourth-order valence-corrected chi connectivity index (χ4v) is 4.37. The highest BCUT2D eigenvalue weighted by Gasteiger charge is 2.32.